The van der Waals surface area contributed by atoms with Crippen molar-refractivity contribution in [3.63, 3.8) is 0 Å². The number of ether oxygens (including phenoxy) is 3. The molecule has 1 N–H and O–H groups in total. The molecule has 0 saturated carbocycles. The first kappa shape index (κ1) is 31.1. The monoisotopic (exact) mass is 712 g/mol. The highest BCUT2D eigenvalue weighted by Gasteiger charge is 2.23. The fraction of sp³-hybridized carbons (Fsp3) is 0.103. The van der Waals surface area contributed by atoms with Gasteiger partial charge in [-0.25, -0.2) is 5.43 Å². The highest BCUT2D eigenvalue weighted by Crippen LogP contribution is 2.40. The van der Waals surface area contributed by atoms with Gasteiger partial charge in [-0.15, -0.1) is 0 Å². The molecule has 4 rings (SSSR count). The third-order valence-electron chi connectivity index (χ3n) is 5.71. The van der Waals surface area contributed by atoms with Crippen LogP contribution in [0, 0.1) is 20.2 Å². The van der Waals surface area contributed by atoms with Crippen molar-refractivity contribution in [3.05, 3.63) is 125 Å². The van der Waals surface area contributed by atoms with Crippen LogP contribution in [0.3, 0.4) is 0 Å². The second-order valence-electron chi connectivity index (χ2n) is 8.64. The van der Waals surface area contributed by atoms with Gasteiger partial charge in [-0.3, -0.25) is 25.0 Å². The summed E-state index contributed by atoms with van der Waals surface area (Å²) < 4.78 is 18.4. The highest BCUT2D eigenvalue weighted by molar-refractivity contribution is 9.11. The molecule has 0 bridgehead atoms. The second-order valence-corrected chi connectivity index (χ2v) is 10.4. The number of nitro groups is 2. The summed E-state index contributed by atoms with van der Waals surface area (Å²) in [4.78, 5) is 34.0. The Balaban J connectivity index is 1.53. The zero-order valence-corrected chi connectivity index (χ0v) is 25.5. The smallest absolute Gasteiger partial charge is 0.318 e. The molecule has 0 aliphatic carbocycles. The van der Waals surface area contributed by atoms with Crippen molar-refractivity contribution in [3.8, 4) is 23.0 Å². The number of carbonyl (C=O) groups is 1. The molecule has 0 spiro atoms. The minimum Gasteiger partial charge on any atom is -0.490 e. The summed E-state index contributed by atoms with van der Waals surface area (Å²) in [6.45, 7) is 2.50. The van der Waals surface area contributed by atoms with Crippen LogP contribution in [0.2, 0.25) is 0 Å². The lowest BCUT2D eigenvalue weighted by Gasteiger charge is -2.13. The lowest BCUT2D eigenvalue weighted by atomic mass is 10.2. The van der Waals surface area contributed by atoms with Gasteiger partial charge in [0.1, 0.15) is 6.61 Å². The minimum absolute atomic E-state index is 0.122. The van der Waals surface area contributed by atoms with Gasteiger partial charge in [0.15, 0.2) is 17.2 Å². The molecule has 0 unspecified atom stereocenters. The minimum atomic E-state index is -0.780. The maximum absolute atomic E-state index is 12.9. The third-order valence-corrected chi connectivity index (χ3v) is 6.76. The number of nitrogens with one attached hydrogen (secondary N) is 1. The Kier molecular flexibility index (Phi) is 10.4. The van der Waals surface area contributed by atoms with Crippen LogP contribution in [0.5, 0.6) is 23.0 Å². The fourth-order valence-electron chi connectivity index (χ4n) is 3.74. The maximum atomic E-state index is 12.9. The fourth-order valence-corrected chi connectivity index (χ4v) is 5.08. The zero-order valence-electron chi connectivity index (χ0n) is 22.4. The first-order valence-electron chi connectivity index (χ1n) is 12.5. The largest absolute Gasteiger partial charge is 0.490 e. The van der Waals surface area contributed by atoms with Crippen LogP contribution >= 0.6 is 31.9 Å². The topological polar surface area (TPSA) is 155 Å². The summed E-state index contributed by atoms with van der Waals surface area (Å²) in [5.41, 5.74) is 2.96. The van der Waals surface area contributed by atoms with E-state index in [-0.39, 0.29) is 17.1 Å². The van der Waals surface area contributed by atoms with E-state index in [1.54, 1.807) is 30.3 Å². The Morgan fingerprint density at radius 3 is 2.35 bits per heavy atom. The van der Waals surface area contributed by atoms with E-state index in [0.29, 0.717) is 39.2 Å². The standard InChI is InChI=1S/C29H22Br2N4O8/c1-2-41-27-13-19(8-10-26(27)42-17-18-6-4-3-5-7-18)29(36)33-32-16-20-12-21(30)14-23(31)28(20)43-25-11-9-22(34(37)38)15-24(25)35(39)40/h3-16H,2,17H2,1H3,(H,33,36)/b32-16+. The van der Waals surface area contributed by atoms with Crippen LogP contribution in [-0.2, 0) is 6.61 Å². The predicted molar refractivity (Wildman–Crippen MR) is 165 cm³/mol. The lowest BCUT2D eigenvalue weighted by Crippen LogP contribution is -2.18. The molecule has 0 atom stereocenters. The van der Waals surface area contributed by atoms with Gasteiger partial charge in [0.25, 0.3) is 11.6 Å². The van der Waals surface area contributed by atoms with Crippen LogP contribution in [0.25, 0.3) is 0 Å². The zero-order chi connectivity index (χ0) is 30.9. The van der Waals surface area contributed by atoms with E-state index < -0.39 is 27.1 Å². The molecule has 220 valence electrons. The van der Waals surface area contributed by atoms with Crippen molar-refractivity contribution in [1.29, 1.82) is 0 Å². The van der Waals surface area contributed by atoms with E-state index >= 15 is 0 Å². The number of nitro benzene ring substituents is 2. The van der Waals surface area contributed by atoms with E-state index in [1.807, 2.05) is 37.3 Å². The molecule has 4 aromatic rings. The van der Waals surface area contributed by atoms with Gasteiger partial charge in [0.2, 0.25) is 5.75 Å². The molecule has 43 heavy (non-hydrogen) atoms. The lowest BCUT2D eigenvalue weighted by molar-refractivity contribution is -0.394. The van der Waals surface area contributed by atoms with Crippen LogP contribution in [-0.4, -0.2) is 28.6 Å². The molecule has 0 aliphatic heterocycles. The van der Waals surface area contributed by atoms with E-state index in [1.165, 1.54) is 6.21 Å². The van der Waals surface area contributed by atoms with Crippen molar-refractivity contribution in [2.75, 3.05) is 6.61 Å². The van der Waals surface area contributed by atoms with Gasteiger partial charge in [0, 0.05) is 21.7 Å². The van der Waals surface area contributed by atoms with Crippen molar-refractivity contribution in [2.45, 2.75) is 13.5 Å². The number of carbonyl (C=O) groups excluding carboxylic acids is 1. The SMILES string of the molecule is CCOc1cc(C(=O)N/N=C/c2cc(Br)cc(Br)c2Oc2ccc([N+](=O)[O-])cc2[N+](=O)[O-])ccc1OCc1ccccc1. The average molecular weight is 714 g/mol. The molecule has 4 aromatic carbocycles. The normalized spacial score (nSPS) is 10.8. The van der Waals surface area contributed by atoms with Gasteiger partial charge in [-0.05, 0) is 64.8 Å². The summed E-state index contributed by atoms with van der Waals surface area (Å²) in [6.07, 6.45) is 1.29. The Labute approximate surface area is 261 Å². The number of halogens is 2. The molecule has 0 radical (unpaired) electrons. The van der Waals surface area contributed by atoms with Crippen LogP contribution < -0.4 is 19.6 Å². The Hall–Kier alpha value is -4.82. The van der Waals surface area contributed by atoms with E-state index in [0.717, 1.165) is 23.8 Å². The molecule has 12 nitrogen and oxygen atoms in total. The van der Waals surface area contributed by atoms with Crippen molar-refractivity contribution >= 4 is 55.4 Å². The van der Waals surface area contributed by atoms with Crippen LogP contribution in [0.1, 0.15) is 28.4 Å². The third kappa shape index (κ3) is 8.14. The second kappa shape index (κ2) is 14.4. The molecular formula is C29H22Br2N4O8. The number of hydrogen-bond acceptors (Lipinski definition) is 9. The van der Waals surface area contributed by atoms with E-state index in [4.69, 9.17) is 14.2 Å². The summed E-state index contributed by atoms with van der Waals surface area (Å²) >= 11 is 6.73. The molecule has 0 heterocycles. The van der Waals surface area contributed by atoms with Gasteiger partial charge in [-0.1, -0.05) is 46.3 Å². The summed E-state index contributed by atoms with van der Waals surface area (Å²) in [6, 6.07) is 20.7. The molecule has 0 fully saturated rings. The van der Waals surface area contributed by atoms with Crippen molar-refractivity contribution in [2.24, 2.45) is 5.10 Å². The van der Waals surface area contributed by atoms with Gasteiger partial charge >= 0.3 is 5.69 Å². The molecule has 1 amide bonds. The van der Waals surface area contributed by atoms with Gasteiger partial charge < -0.3 is 14.2 Å². The average Bonchev–Trinajstić information content (AvgIpc) is 2.98. The quantitative estimate of drug-likeness (QED) is 0.0896. The number of amides is 1. The number of hydrazone groups is 1. The van der Waals surface area contributed by atoms with Crippen LogP contribution in [0.4, 0.5) is 11.4 Å². The molecular weight excluding hydrogens is 692 g/mol. The summed E-state index contributed by atoms with van der Waals surface area (Å²) in [5.74, 6) is 0.236. The van der Waals surface area contributed by atoms with Crippen LogP contribution in [0.15, 0.2) is 92.9 Å². The summed E-state index contributed by atoms with van der Waals surface area (Å²) in [7, 11) is 0. The first-order chi connectivity index (χ1) is 20.7. The Morgan fingerprint density at radius 2 is 1.65 bits per heavy atom. The van der Waals surface area contributed by atoms with Gasteiger partial charge in [-0.2, -0.15) is 5.10 Å². The first-order valence-corrected chi connectivity index (χ1v) is 14.1. The highest BCUT2D eigenvalue weighted by atomic mass is 79.9. The number of non-ortho nitro benzene ring substituents is 1. The van der Waals surface area contributed by atoms with Gasteiger partial charge in [0.05, 0.1) is 33.2 Å². The number of nitrogens with zero attached hydrogens (tertiary/aromatic N) is 3. The van der Waals surface area contributed by atoms with Crippen molar-refractivity contribution in [1.82, 2.24) is 5.43 Å². The van der Waals surface area contributed by atoms with Crippen molar-refractivity contribution < 1.29 is 28.9 Å². The molecule has 0 aromatic heterocycles. The summed E-state index contributed by atoms with van der Waals surface area (Å²) in [5, 5.41) is 26.7. The van der Waals surface area contributed by atoms with E-state index in [2.05, 4.69) is 42.4 Å². The predicted octanol–water partition coefficient (Wildman–Crippen LogP) is 7.56. The Morgan fingerprint density at radius 1 is 0.907 bits per heavy atom. The molecule has 0 aliphatic rings. The van der Waals surface area contributed by atoms with E-state index in [9.17, 15) is 25.0 Å². The number of benzene rings is 4. The Bertz CT molecular complexity index is 1700. The molecule has 0 saturated heterocycles. The number of rotatable bonds is 12. The molecule has 14 heteroatoms. The maximum Gasteiger partial charge on any atom is 0.318 e. The number of hydrogen-bond donors (Lipinski definition) is 1.